The third kappa shape index (κ3) is 2.18. The van der Waals surface area contributed by atoms with Gasteiger partial charge in [0.1, 0.15) is 11.9 Å². The monoisotopic (exact) mass is 209 g/mol. The van der Waals surface area contributed by atoms with Crippen LogP contribution in [0, 0.1) is 18.3 Å². The van der Waals surface area contributed by atoms with Gasteiger partial charge in [0.25, 0.3) is 0 Å². The Bertz CT molecular complexity index is 527. The Balaban J connectivity index is 2.35. The number of anilines is 2. The van der Waals surface area contributed by atoms with Crippen molar-refractivity contribution in [3.8, 4) is 6.07 Å². The van der Waals surface area contributed by atoms with Gasteiger partial charge in [0.05, 0.1) is 5.56 Å². The number of pyridine rings is 1. The Morgan fingerprint density at radius 3 is 2.56 bits per heavy atom. The largest absolute Gasteiger partial charge is 0.339 e. The van der Waals surface area contributed by atoms with Crippen LogP contribution < -0.4 is 5.32 Å². The van der Waals surface area contributed by atoms with Crippen molar-refractivity contribution in [3.63, 3.8) is 0 Å². The maximum Gasteiger partial charge on any atom is 0.148 e. The Morgan fingerprint density at radius 2 is 1.88 bits per heavy atom. The molecule has 78 valence electrons. The van der Waals surface area contributed by atoms with Crippen LogP contribution in [-0.2, 0) is 0 Å². The number of rotatable bonds is 2. The Labute approximate surface area is 94.4 Å². The van der Waals surface area contributed by atoms with Gasteiger partial charge in [0.2, 0.25) is 0 Å². The molecule has 0 saturated heterocycles. The highest BCUT2D eigenvalue weighted by atomic mass is 15.0. The van der Waals surface area contributed by atoms with E-state index >= 15 is 0 Å². The second kappa shape index (κ2) is 4.45. The molecule has 16 heavy (non-hydrogen) atoms. The molecule has 0 atom stereocenters. The smallest absolute Gasteiger partial charge is 0.148 e. The molecule has 1 N–H and O–H groups in total. The van der Waals surface area contributed by atoms with Gasteiger partial charge in [-0.05, 0) is 31.2 Å². The van der Waals surface area contributed by atoms with Crippen LogP contribution in [0.5, 0.6) is 0 Å². The van der Waals surface area contributed by atoms with E-state index in [1.807, 2.05) is 43.3 Å². The van der Waals surface area contributed by atoms with Crippen LogP contribution in [0.2, 0.25) is 0 Å². The van der Waals surface area contributed by atoms with Gasteiger partial charge in [0.15, 0.2) is 0 Å². The molecular formula is C13H11N3. The number of nitrogens with zero attached hydrogens (tertiary/aromatic N) is 2. The van der Waals surface area contributed by atoms with Crippen molar-refractivity contribution >= 4 is 11.5 Å². The van der Waals surface area contributed by atoms with Crippen molar-refractivity contribution in [2.45, 2.75) is 6.92 Å². The minimum Gasteiger partial charge on any atom is -0.339 e. The number of para-hydroxylation sites is 1. The van der Waals surface area contributed by atoms with E-state index in [1.165, 1.54) is 0 Å². The summed E-state index contributed by atoms with van der Waals surface area (Å²) in [5.74, 6) is 0.605. The maximum atomic E-state index is 8.96. The first-order valence-corrected chi connectivity index (χ1v) is 4.99. The van der Waals surface area contributed by atoms with E-state index in [0.717, 1.165) is 11.4 Å². The van der Waals surface area contributed by atoms with E-state index in [-0.39, 0.29) is 0 Å². The summed E-state index contributed by atoms with van der Waals surface area (Å²) >= 11 is 0. The second-order valence-electron chi connectivity index (χ2n) is 3.45. The molecule has 0 amide bonds. The van der Waals surface area contributed by atoms with Crippen molar-refractivity contribution in [3.05, 3.63) is 53.7 Å². The van der Waals surface area contributed by atoms with Crippen LogP contribution in [0.3, 0.4) is 0 Å². The lowest BCUT2D eigenvalue weighted by Crippen LogP contribution is -1.97. The normalized spacial score (nSPS) is 9.50. The summed E-state index contributed by atoms with van der Waals surface area (Å²) in [5, 5.41) is 12.1. The summed E-state index contributed by atoms with van der Waals surface area (Å²) < 4.78 is 0. The molecule has 2 aromatic rings. The SMILES string of the molecule is Cc1ccc(C#N)c(Nc2ccccc2)n1. The Morgan fingerprint density at radius 1 is 1.12 bits per heavy atom. The van der Waals surface area contributed by atoms with Crippen molar-refractivity contribution < 1.29 is 0 Å². The Hall–Kier alpha value is -2.34. The van der Waals surface area contributed by atoms with Gasteiger partial charge >= 0.3 is 0 Å². The zero-order valence-corrected chi connectivity index (χ0v) is 8.94. The highest BCUT2D eigenvalue weighted by Crippen LogP contribution is 2.18. The van der Waals surface area contributed by atoms with E-state index < -0.39 is 0 Å². The lowest BCUT2D eigenvalue weighted by Gasteiger charge is -2.07. The predicted molar refractivity (Wildman–Crippen MR) is 63.4 cm³/mol. The average molecular weight is 209 g/mol. The molecule has 0 saturated carbocycles. The molecular weight excluding hydrogens is 198 g/mol. The summed E-state index contributed by atoms with van der Waals surface area (Å²) in [6, 6.07) is 15.4. The lowest BCUT2D eigenvalue weighted by atomic mass is 10.2. The summed E-state index contributed by atoms with van der Waals surface area (Å²) in [5.41, 5.74) is 2.36. The molecule has 0 spiro atoms. The molecule has 3 nitrogen and oxygen atoms in total. The number of hydrogen-bond donors (Lipinski definition) is 1. The Kier molecular flexibility index (Phi) is 2.84. The van der Waals surface area contributed by atoms with Gasteiger partial charge in [-0.3, -0.25) is 0 Å². The van der Waals surface area contributed by atoms with Gasteiger partial charge in [0, 0.05) is 11.4 Å². The molecule has 0 aliphatic carbocycles. The molecule has 0 bridgehead atoms. The van der Waals surface area contributed by atoms with E-state index in [2.05, 4.69) is 16.4 Å². The van der Waals surface area contributed by atoms with Gasteiger partial charge in [-0.1, -0.05) is 18.2 Å². The fraction of sp³-hybridized carbons (Fsp3) is 0.0769. The zero-order chi connectivity index (χ0) is 11.4. The highest BCUT2D eigenvalue weighted by Gasteiger charge is 2.03. The number of nitrogens with one attached hydrogen (secondary N) is 1. The number of aryl methyl sites for hydroxylation is 1. The summed E-state index contributed by atoms with van der Waals surface area (Å²) in [4.78, 5) is 4.31. The fourth-order valence-electron chi connectivity index (χ4n) is 1.40. The van der Waals surface area contributed by atoms with Crippen molar-refractivity contribution in [2.24, 2.45) is 0 Å². The topological polar surface area (TPSA) is 48.7 Å². The standard InChI is InChI=1S/C13H11N3/c1-10-7-8-11(9-14)13(15-10)16-12-5-3-2-4-6-12/h2-8H,1H3,(H,15,16). The number of aromatic nitrogens is 1. The summed E-state index contributed by atoms with van der Waals surface area (Å²) in [6.45, 7) is 1.90. The molecule has 0 aliphatic rings. The minimum absolute atomic E-state index is 0.550. The van der Waals surface area contributed by atoms with Crippen LogP contribution >= 0.6 is 0 Å². The molecule has 0 fully saturated rings. The number of benzene rings is 1. The third-order valence-electron chi connectivity index (χ3n) is 2.19. The van der Waals surface area contributed by atoms with E-state index in [4.69, 9.17) is 5.26 Å². The number of nitriles is 1. The maximum absolute atomic E-state index is 8.96. The molecule has 1 aromatic carbocycles. The van der Waals surface area contributed by atoms with E-state index in [1.54, 1.807) is 6.07 Å². The first-order chi connectivity index (χ1) is 7.79. The molecule has 0 aliphatic heterocycles. The molecule has 1 aromatic heterocycles. The first kappa shape index (κ1) is 10.2. The van der Waals surface area contributed by atoms with Crippen LogP contribution in [0.4, 0.5) is 11.5 Å². The van der Waals surface area contributed by atoms with Crippen LogP contribution in [0.15, 0.2) is 42.5 Å². The molecule has 0 unspecified atom stereocenters. The molecule has 2 rings (SSSR count). The van der Waals surface area contributed by atoms with Crippen LogP contribution in [0.25, 0.3) is 0 Å². The predicted octanol–water partition coefficient (Wildman–Crippen LogP) is 3.01. The third-order valence-corrected chi connectivity index (χ3v) is 2.19. The first-order valence-electron chi connectivity index (χ1n) is 4.99. The summed E-state index contributed by atoms with van der Waals surface area (Å²) in [6.07, 6.45) is 0. The molecule has 3 heteroatoms. The number of hydrogen-bond acceptors (Lipinski definition) is 3. The van der Waals surface area contributed by atoms with Crippen molar-refractivity contribution in [1.82, 2.24) is 4.98 Å². The minimum atomic E-state index is 0.550. The van der Waals surface area contributed by atoms with Gasteiger partial charge in [-0.2, -0.15) is 5.26 Å². The molecule has 1 heterocycles. The average Bonchev–Trinajstić information content (AvgIpc) is 2.31. The zero-order valence-electron chi connectivity index (χ0n) is 8.94. The summed E-state index contributed by atoms with van der Waals surface area (Å²) in [7, 11) is 0. The van der Waals surface area contributed by atoms with Gasteiger partial charge in [-0.15, -0.1) is 0 Å². The van der Waals surface area contributed by atoms with Crippen molar-refractivity contribution in [2.75, 3.05) is 5.32 Å². The van der Waals surface area contributed by atoms with Crippen LogP contribution in [0.1, 0.15) is 11.3 Å². The van der Waals surface area contributed by atoms with Gasteiger partial charge < -0.3 is 5.32 Å². The quantitative estimate of drug-likeness (QED) is 0.827. The van der Waals surface area contributed by atoms with E-state index in [0.29, 0.717) is 11.4 Å². The van der Waals surface area contributed by atoms with Gasteiger partial charge in [-0.25, -0.2) is 4.98 Å². The highest BCUT2D eigenvalue weighted by molar-refractivity contribution is 5.62. The van der Waals surface area contributed by atoms with Crippen molar-refractivity contribution in [1.29, 1.82) is 5.26 Å². The van der Waals surface area contributed by atoms with Crippen LogP contribution in [-0.4, -0.2) is 4.98 Å². The van der Waals surface area contributed by atoms with E-state index in [9.17, 15) is 0 Å². The fourth-order valence-corrected chi connectivity index (χ4v) is 1.40. The lowest BCUT2D eigenvalue weighted by molar-refractivity contribution is 1.19. The second-order valence-corrected chi connectivity index (χ2v) is 3.45. The molecule has 0 radical (unpaired) electrons.